The molecule has 9 heteroatoms. The molecule has 0 saturated heterocycles. The molecule has 4 rings (SSSR count). The van der Waals surface area contributed by atoms with Crippen LogP contribution in [0.2, 0.25) is 0 Å². The maximum atomic E-state index is 13.8. The third-order valence-corrected chi connectivity index (χ3v) is 6.01. The molecule has 0 aromatic heterocycles. The van der Waals surface area contributed by atoms with E-state index in [0.717, 1.165) is 34.4 Å². The number of carbonyl (C=O) groups is 2. The van der Waals surface area contributed by atoms with Gasteiger partial charge in [0.1, 0.15) is 24.3 Å². The number of carbonyl (C=O) groups excluding carboxylic acids is 1. The van der Waals surface area contributed by atoms with Gasteiger partial charge in [0.15, 0.2) is 0 Å². The number of alkyl halides is 2. The lowest BCUT2D eigenvalue weighted by molar-refractivity contribution is -0.139. The number of rotatable bonds is 8. The first-order valence-corrected chi connectivity index (χ1v) is 10.9. The summed E-state index contributed by atoms with van der Waals surface area (Å²) in [6, 6.07) is 15.5. The highest BCUT2D eigenvalue weighted by Gasteiger charge is 2.30. The van der Waals surface area contributed by atoms with Gasteiger partial charge in [0.05, 0.1) is 5.56 Å². The van der Waals surface area contributed by atoms with Gasteiger partial charge >= 0.3 is 12.1 Å². The van der Waals surface area contributed by atoms with E-state index in [1.165, 1.54) is 0 Å². The van der Waals surface area contributed by atoms with Crippen LogP contribution in [0.5, 0.6) is 0 Å². The number of aliphatic carboxylic acids is 1. The number of halogens is 4. The first-order chi connectivity index (χ1) is 16.8. The fourth-order valence-corrected chi connectivity index (χ4v) is 4.34. The molecular formula is C26H21F4NO4. The second kappa shape index (κ2) is 10.2. The number of carboxylic acid groups (broad SMARTS) is 1. The number of hydrogen-bond donors (Lipinski definition) is 2. The van der Waals surface area contributed by atoms with E-state index in [1.807, 2.05) is 48.5 Å². The zero-order valence-electron chi connectivity index (χ0n) is 18.3. The van der Waals surface area contributed by atoms with Crippen LogP contribution in [0.15, 0.2) is 60.7 Å². The molecule has 0 radical (unpaired) electrons. The van der Waals surface area contributed by atoms with E-state index in [9.17, 15) is 32.3 Å². The van der Waals surface area contributed by atoms with Crippen molar-refractivity contribution in [2.45, 2.75) is 31.2 Å². The van der Waals surface area contributed by atoms with Crippen LogP contribution in [0.3, 0.4) is 0 Å². The average molecular weight is 487 g/mol. The summed E-state index contributed by atoms with van der Waals surface area (Å²) in [6.07, 6.45) is -4.67. The van der Waals surface area contributed by atoms with E-state index in [4.69, 9.17) is 4.74 Å². The molecule has 35 heavy (non-hydrogen) atoms. The molecule has 3 aromatic carbocycles. The maximum absolute atomic E-state index is 13.8. The number of ether oxygens (including phenoxy) is 1. The standard InChI is InChI=1S/C26H21F4NO4/c27-20-11-14(12-21(28)23(20)24(29)30)9-10-22(25(32)33)31-26(34)35-13-19-17-7-3-1-5-15(17)16-6-2-4-8-18(16)19/h1-8,11-12,19,22,24H,9-10,13H2,(H,31,34)(H,32,33). The smallest absolute Gasteiger partial charge is 0.407 e. The van der Waals surface area contributed by atoms with Crippen molar-refractivity contribution in [3.8, 4) is 11.1 Å². The van der Waals surface area contributed by atoms with E-state index in [0.29, 0.717) is 0 Å². The lowest BCUT2D eigenvalue weighted by Gasteiger charge is -2.17. The van der Waals surface area contributed by atoms with Gasteiger partial charge < -0.3 is 15.2 Å². The highest BCUT2D eigenvalue weighted by atomic mass is 19.3. The van der Waals surface area contributed by atoms with Crippen molar-refractivity contribution < 1.29 is 37.0 Å². The van der Waals surface area contributed by atoms with Gasteiger partial charge in [-0.3, -0.25) is 0 Å². The lowest BCUT2D eigenvalue weighted by atomic mass is 9.98. The average Bonchev–Trinajstić information content (AvgIpc) is 3.13. The molecule has 1 aliphatic carbocycles. The molecule has 1 aliphatic rings. The van der Waals surface area contributed by atoms with Crippen LogP contribution in [0.4, 0.5) is 22.4 Å². The van der Waals surface area contributed by atoms with Crippen molar-refractivity contribution in [2.75, 3.05) is 6.61 Å². The summed E-state index contributed by atoms with van der Waals surface area (Å²) < 4.78 is 58.3. The summed E-state index contributed by atoms with van der Waals surface area (Å²) in [6.45, 7) is -0.0162. The summed E-state index contributed by atoms with van der Waals surface area (Å²) in [4.78, 5) is 24.0. The van der Waals surface area contributed by atoms with Crippen molar-refractivity contribution in [2.24, 2.45) is 0 Å². The molecule has 0 spiro atoms. The van der Waals surface area contributed by atoms with Crippen LogP contribution in [0, 0.1) is 11.6 Å². The Morgan fingerprint density at radius 2 is 1.49 bits per heavy atom. The summed E-state index contributed by atoms with van der Waals surface area (Å²) in [5.74, 6) is -4.41. The summed E-state index contributed by atoms with van der Waals surface area (Å²) >= 11 is 0. The van der Waals surface area contributed by atoms with Crippen molar-refractivity contribution in [1.82, 2.24) is 5.32 Å². The fourth-order valence-electron chi connectivity index (χ4n) is 4.34. The van der Waals surface area contributed by atoms with E-state index in [2.05, 4.69) is 5.32 Å². The second-order valence-corrected chi connectivity index (χ2v) is 8.17. The van der Waals surface area contributed by atoms with Crippen LogP contribution < -0.4 is 5.32 Å². The Morgan fingerprint density at radius 1 is 0.943 bits per heavy atom. The predicted octanol–water partition coefficient (Wildman–Crippen LogP) is 5.83. The van der Waals surface area contributed by atoms with Crippen molar-refractivity contribution >= 4 is 12.1 Å². The predicted molar refractivity (Wildman–Crippen MR) is 119 cm³/mol. The van der Waals surface area contributed by atoms with Gasteiger partial charge in [-0.2, -0.15) is 0 Å². The summed E-state index contributed by atoms with van der Waals surface area (Å²) in [5.41, 5.74) is 2.72. The zero-order valence-corrected chi connectivity index (χ0v) is 18.3. The molecule has 3 aromatic rings. The van der Waals surface area contributed by atoms with Gasteiger partial charge in [-0.05, 0) is 52.8 Å². The minimum Gasteiger partial charge on any atom is -0.480 e. The third kappa shape index (κ3) is 5.13. The summed E-state index contributed by atoms with van der Waals surface area (Å²) in [5, 5.41) is 11.7. The first kappa shape index (κ1) is 24.3. The second-order valence-electron chi connectivity index (χ2n) is 8.17. The monoisotopic (exact) mass is 487 g/mol. The normalized spacial score (nSPS) is 13.3. The number of alkyl carbamates (subject to hydrolysis) is 1. The molecule has 0 saturated carbocycles. The minimum absolute atomic E-state index is 0.00927. The number of fused-ring (bicyclic) bond motifs is 3. The molecule has 1 unspecified atom stereocenters. The molecule has 1 atom stereocenters. The quantitative estimate of drug-likeness (QED) is 0.392. The molecule has 0 fully saturated rings. The molecular weight excluding hydrogens is 466 g/mol. The van der Waals surface area contributed by atoms with Crippen LogP contribution in [-0.2, 0) is 16.0 Å². The Hall–Kier alpha value is -3.88. The van der Waals surface area contributed by atoms with Crippen LogP contribution >= 0.6 is 0 Å². The van der Waals surface area contributed by atoms with Gasteiger partial charge in [0.2, 0.25) is 0 Å². The number of amides is 1. The van der Waals surface area contributed by atoms with Crippen molar-refractivity contribution in [3.63, 3.8) is 0 Å². The van der Waals surface area contributed by atoms with Crippen LogP contribution in [0.1, 0.15) is 41.0 Å². The molecule has 182 valence electrons. The Bertz CT molecular complexity index is 1200. The first-order valence-electron chi connectivity index (χ1n) is 10.9. The van der Waals surface area contributed by atoms with E-state index in [1.54, 1.807) is 0 Å². The number of carboxylic acids is 1. The highest BCUT2D eigenvalue weighted by Crippen LogP contribution is 2.44. The Labute approximate surface area is 198 Å². The molecule has 5 nitrogen and oxygen atoms in total. The van der Waals surface area contributed by atoms with E-state index < -0.39 is 41.7 Å². The lowest BCUT2D eigenvalue weighted by Crippen LogP contribution is -2.41. The number of benzene rings is 3. The Kier molecular flexibility index (Phi) is 7.04. The number of nitrogens with one attached hydrogen (secondary N) is 1. The molecule has 0 bridgehead atoms. The SMILES string of the molecule is O=C(NC(CCc1cc(F)c(C(F)F)c(F)c1)C(=O)O)OCC1c2ccccc2-c2ccccc21. The minimum atomic E-state index is -3.31. The van der Waals surface area contributed by atoms with Gasteiger partial charge in [-0.1, -0.05) is 48.5 Å². The number of hydrogen-bond acceptors (Lipinski definition) is 3. The summed E-state index contributed by atoms with van der Waals surface area (Å²) in [7, 11) is 0. The van der Waals surface area contributed by atoms with Crippen LogP contribution in [0.25, 0.3) is 11.1 Å². The van der Waals surface area contributed by atoms with Crippen LogP contribution in [-0.4, -0.2) is 29.8 Å². The zero-order chi connectivity index (χ0) is 25.1. The van der Waals surface area contributed by atoms with E-state index >= 15 is 0 Å². The molecule has 0 heterocycles. The largest absolute Gasteiger partial charge is 0.480 e. The topological polar surface area (TPSA) is 75.6 Å². The van der Waals surface area contributed by atoms with Gasteiger partial charge in [0, 0.05) is 5.92 Å². The Morgan fingerprint density at radius 3 is 2.00 bits per heavy atom. The molecule has 0 aliphatic heterocycles. The fraction of sp³-hybridized carbons (Fsp3) is 0.231. The van der Waals surface area contributed by atoms with Crippen molar-refractivity contribution in [3.05, 3.63) is 94.6 Å². The molecule has 2 N–H and O–H groups in total. The third-order valence-electron chi connectivity index (χ3n) is 6.01. The highest BCUT2D eigenvalue weighted by molar-refractivity contribution is 5.81. The number of aryl methyl sites for hydroxylation is 1. The van der Waals surface area contributed by atoms with Gasteiger partial charge in [-0.15, -0.1) is 0 Å². The Balaban J connectivity index is 1.38. The van der Waals surface area contributed by atoms with E-state index in [-0.39, 0.29) is 30.9 Å². The maximum Gasteiger partial charge on any atom is 0.407 e. The van der Waals surface area contributed by atoms with Gasteiger partial charge in [-0.25, -0.2) is 27.2 Å². The van der Waals surface area contributed by atoms with Crippen molar-refractivity contribution in [1.29, 1.82) is 0 Å². The molecule has 1 amide bonds. The van der Waals surface area contributed by atoms with Gasteiger partial charge in [0.25, 0.3) is 6.43 Å².